The average Bonchev–Trinajstić information content (AvgIpc) is 3.10. The number of rotatable bonds is 7. The van der Waals surface area contributed by atoms with Crippen molar-refractivity contribution in [2.75, 3.05) is 11.9 Å². The Balaban J connectivity index is 1.49. The Morgan fingerprint density at radius 3 is 2.68 bits per heavy atom. The van der Waals surface area contributed by atoms with Gasteiger partial charge in [-0.25, -0.2) is 4.98 Å². The minimum Gasteiger partial charge on any atom is -0.492 e. The zero-order valence-electron chi connectivity index (χ0n) is 16.2. The molecule has 2 aromatic carbocycles. The summed E-state index contributed by atoms with van der Waals surface area (Å²) in [5, 5.41) is 5.50. The first-order valence-electron chi connectivity index (χ1n) is 9.14. The lowest BCUT2D eigenvalue weighted by Gasteiger charge is -2.08. The quantitative estimate of drug-likeness (QED) is 0.422. The van der Waals surface area contributed by atoms with Crippen molar-refractivity contribution in [3.63, 3.8) is 0 Å². The summed E-state index contributed by atoms with van der Waals surface area (Å²) >= 11 is 4.94. The number of carbonyl (C=O) groups excluding carboxylic acids is 1. The van der Waals surface area contributed by atoms with Crippen LogP contribution in [0.3, 0.4) is 0 Å². The second kappa shape index (κ2) is 9.34. The standard InChI is InChI=1S/C22H23BrN2O2S/c1-14-6-8-16(3)17(11-14)19-13-28-22(24-19)25-21(26)5-4-10-27-20-9-7-15(2)12-18(20)23/h6-9,11-13H,4-5,10H2,1-3H3,(H,24,25,26). The van der Waals surface area contributed by atoms with Gasteiger partial charge in [-0.1, -0.05) is 23.8 Å². The first-order chi connectivity index (χ1) is 13.4. The number of ether oxygens (including phenoxy) is 1. The van der Waals surface area contributed by atoms with Gasteiger partial charge in [0.05, 0.1) is 16.8 Å². The number of nitrogens with zero attached hydrogens (tertiary/aromatic N) is 1. The van der Waals surface area contributed by atoms with Crippen molar-refractivity contribution in [1.29, 1.82) is 0 Å². The third-order valence-corrected chi connectivity index (χ3v) is 5.69. The van der Waals surface area contributed by atoms with E-state index in [9.17, 15) is 4.79 Å². The summed E-state index contributed by atoms with van der Waals surface area (Å²) < 4.78 is 6.67. The minimum atomic E-state index is -0.0477. The van der Waals surface area contributed by atoms with E-state index in [0.29, 0.717) is 24.6 Å². The van der Waals surface area contributed by atoms with Crippen LogP contribution in [0.4, 0.5) is 5.13 Å². The number of amides is 1. The van der Waals surface area contributed by atoms with Gasteiger partial charge in [0.2, 0.25) is 5.91 Å². The van der Waals surface area contributed by atoms with Gasteiger partial charge in [0, 0.05) is 17.4 Å². The number of nitrogens with one attached hydrogen (secondary N) is 1. The van der Waals surface area contributed by atoms with Crippen molar-refractivity contribution < 1.29 is 9.53 Å². The fraction of sp³-hybridized carbons (Fsp3) is 0.273. The topological polar surface area (TPSA) is 51.2 Å². The molecule has 1 aromatic heterocycles. The molecule has 1 N–H and O–H groups in total. The number of hydrogen-bond acceptors (Lipinski definition) is 4. The van der Waals surface area contributed by atoms with Gasteiger partial charge in [-0.2, -0.15) is 0 Å². The van der Waals surface area contributed by atoms with Crippen LogP contribution >= 0.6 is 27.3 Å². The molecule has 146 valence electrons. The van der Waals surface area contributed by atoms with E-state index in [1.165, 1.54) is 28.0 Å². The molecule has 6 heteroatoms. The van der Waals surface area contributed by atoms with Crippen LogP contribution in [-0.4, -0.2) is 17.5 Å². The number of anilines is 1. The first-order valence-corrected chi connectivity index (χ1v) is 10.8. The molecule has 3 aromatic rings. The molecule has 0 fully saturated rings. The molecule has 0 radical (unpaired) electrons. The van der Waals surface area contributed by atoms with Crippen molar-refractivity contribution in [2.24, 2.45) is 0 Å². The third kappa shape index (κ3) is 5.42. The first kappa shape index (κ1) is 20.6. The van der Waals surface area contributed by atoms with Gasteiger partial charge in [0.25, 0.3) is 0 Å². The highest BCUT2D eigenvalue weighted by Crippen LogP contribution is 2.28. The molecule has 0 aliphatic heterocycles. The summed E-state index contributed by atoms with van der Waals surface area (Å²) in [6.45, 7) is 6.65. The molecule has 0 unspecified atom stereocenters. The predicted molar refractivity (Wildman–Crippen MR) is 119 cm³/mol. The summed E-state index contributed by atoms with van der Waals surface area (Å²) in [5.41, 5.74) is 5.54. The van der Waals surface area contributed by atoms with E-state index in [1.807, 2.05) is 30.5 Å². The van der Waals surface area contributed by atoms with Gasteiger partial charge in [-0.05, 0) is 72.4 Å². The molecule has 0 saturated carbocycles. The SMILES string of the molecule is Cc1ccc(OCCCC(=O)Nc2nc(-c3cc(C)ccc3C)cs2)c(Br)c1. The van der Waals surface area contributed by atoms with E-state index in [2.05, 4.69) is 58.3 Å². The Bertz CT molecular complexity index is 984. The van der Waals surface area contributed by atoms with E-state index in [1.54, 1.807) is 0 Å². The summed E-state index contributed by atoms with van der Waals surface area (Å²) in [6, 6.07) is 12.3. The van der Waals surface area contributed by atoms with Crippen LogP contribution in [0.1, 0.15) is 29.5 Å². The molecule has 28 heavy (non-hydrogen) atoms. The van der Waals surface area contributed by atoms with Gasteiger partial charge in [-0.3, -0.25) is 4.79 Å². The number of aromatic nitrogens is 1. The lowest BCUT2D eigenvalue weighted by Crippen LogP contribution is -2.12. The zero-order chi connectivity index (χ0) is 20.1. The Labute approximate surface area is 178 Å². The van der Waals surface area contributed by atoms with Crippen LogP contribution in [0.5, 0.6) is 5.75 Å². The molecule has 0 aliphatic carbocycles. The number of carbonyl (C=O) groups is 1. The maximum atomic E-state index is 12.2. The Morgan fingerprint density at radius 1 is 1.14 bits per heavy atom. The molecule has 0 atom stereocenters. The molecule has 1 heterocycles. The molecule has 0 saturated heterocycles. The number of benzene rings is 2. The van der Waals surface area contributed by atoms with Crippen LogP contribution in [0.15, 0.2) is 46.3 Å². The summed E-state index contributed by atoms with van der Waals surface area (Å²) in [5.74, 6) is 0.748. The second-order valence-electron chi connectivity index (χ2n) is 6.79. The van der Waals surface area contributed by atoms with Crippen LogP contribution in [0.25, 0.3) is 11.3 Å². The predicted octanol–water partition coefficient (Wildman–Crippen LogP) is 6.30. The highest BCUT2D eigenvalue weighted by atomic mass is 79.9. The highest BCUT2D eigenvalue weighted by molar-refractivity contribution is 9.10. The maximum absolute atomic E-state index is 12.2. The van der Waals surface area contributed by atoms with Gasteiger partial charge in [0.1, 0.15) is 5.75 Å². The number of thiazole rings is 1. The van der Waals surface area contributed by atoms with Crippen LogP contribution in [0, 0.1) is 20.8 Å². The molecule has 4 nitrogen and oxygen atoms in total. The normalized spacial score (nSPS) is 10.7. The van der Waals surface area contributed by atoms with Crippen molar-refractivity contribution >= 4 is 38.3 Å². The van der Waals surface area contributed by atoms with E-state index in [0.717, 1.165) is 21.5 Å². The fourth-order valence-corrected chi connectivity index (χ4v) is 4.12. The van der Waals surface area contributed by atoms with E-state index in [-0.39, 0.29) is 5.91 Å². The number of halogens is 1. The maximum Gasteiger partial charge on any atom is 0.226 e. The highest BCUT2D eigenvalue weighted by Gasteiger charge is 2.10. The minimum absolute atomic E-state index is 0.0477. The Kier molecular flexibility index (Phi) is 6.86. The van der Waals surface area contributed by atoms with Crippen LogP contribution in [-0.2, 0) is 4.79 Å². The van der Waals surface area contributed by atoms with Crippen LogP contribution < -0.4 is 10.1 Å². The average molecular weight is 459 g/mol. The third-order valence-electron chi connectivity index (χ3n) is 4.31. The summed E-state index contributed by atoms with van der Waals surface area (Å²) in [4.78, 5) is 16.8. The fourth-order valence-electron chi connectivity index (χ4n) is 2.79. The van der Waals surface area contributed by atoms with Crippen LogP contribution in [0.2, 0.25) is 0 Å². The molecule has 3 rings (SSSR count). The number of aryl methyl sites for hydroxylation is 3. The Morgan fingerprint density at radius 2 is 1.89 bits per heavy atom. The lowest BCUT2D eigenvalue weighted by atomic mass is 10.0. The summed E-state index contributed by atoms with van der Waals surface area (Å²) in [6.07, 6.45) is 1.03. The second-order valence-corrected chi connectivity index (χ2v) is 8.50. The number of hydrogen-bond donors (Lipinski definition) is 1. The van der Waals surface area contributed by atoms with Crippen molar-refractivity contribution in [3.05, 3.63) is 62.9 Å². The van der Waals surface area contributed by atoms with Gasteiger partial charge in [-0.15, -0.1) is 11.3 Å². The van der Waals surface area contributed by atoms with Crippen molar-refractivity contribution in [2.45, 2.75) is 33.6 Å². The zero-order valence-corrected chi connectivity index (χ0v) is 18.6. The van der Waals surface area contributed by atoms with E-state index >= 15 is 0 Å². The van der Waals surface area contributed by atoms with Gasteiger partial charge in [0.15, 0.2) is 5.13 Å². The molecule has 0 bridgehead atoms. The molecule has 0 aliphatic rings. The van der Waals surface area contributed by atoms with E-state index < -0.39 is 0 Å². The molecular weight excluding hydrogens is 436 g/mol. The monoisotopic (exact) mass is 458 g/mol. The van der Waals surface area contributed by atoms with Crippen molar-refractivity contribution in [1.82, 2.24) is 4.98 Å². The largest absolute Gasteiger partial charge is 0.492 e. The van der Waals surface area contributed by atoms with E-state index in [4.69, 9.17) is 4.74 Å². The Hall–Kier alpha value is -2.18. The van der Waals surface area contributed by atoms with Crippen molar-refractivity contribution in [3.8, 4) is 17.0 Å². The van der Waals surface area contributed by atoms with Gasteiger partial charge < -0.3 is 10.1 Å². The molecular formula is C22H23BrN2O2S. The molecule has 1 amide bonds. The smallest absolute Gasteiger partial charge is 0.226 e. The lowest BCUT2D eigenvalue weighted by molar-refractivity contribution is -0.116. The molecule has 0 spiro atoms. The summed E-state index contributed by atoms with van der Waals surface area (Å²) in [7, 11) is 0. The van der Waals surface area contributed by atoms with Gasteiger partial charge >= 0.3 is 0 Å².